The van der Waals surface area contributed by atoms with E-state index in [1.807, 2.05) is 0 Å². The predicted octanol–water partition coefficient (Wildman–Crippen LogP) is 1.85. The molecule has 40 heavy (non-hydrogen) atoms. The standard InChI is InChI=1S/C28H44O12/c29-25-21-5-1-2-6-22(21)26(30)38-18-14-34-11-12-36-16-20-40-28(32)24-8-4-3-7-23(24)27(31)39-19-15-35-10-9-33-13-17-37-25/h21-24H,1-20H2. The summed E-state index contributed by atoms with van der Waals surface area (Å²) in [6.07, 6.45) is 5.77. The molecule has 1 heterocycles. The zero-order chi connectivity index (χ0) is 28.4. The number of carbonyl (C=O) groups excluding carboxylic acids is 4. The Morgan fingerprint density at radius 1 is 0.325 bits per heavy atom. The first-order valence-electron chi connectivity index (χ1n) is 14.6. The molecule has 12 heteroatoms. The molecule has 2 saturated carbocycles. The summed E-state index contributed by atoms with van der Waals surface area (Å²) >= 11 is 0. The lowest BCUT2D eigenvalue weighted by Crippen LogP contribution is -2.36. The van der Waals surface area contributed by atoms with Crippen LogP contribution < -0.4 is 0 Å². The van der Waals surface area contributed by atoms with Crippen molar-refractivity contribution in [3.8, 4) is 0 Å². The van der Waals surface area contributed by atoms with Gasteiger partial charge in [0, 0.05) is 0 Å². The molecule has 0 spiro atoms. The highest BCUT2D eigenvalue weighted by atomic mass is 16.6. The first-order chi connectivity index (χ1) is 19.6. The quantitative estimate of drug-likeness (QED) is 0.309. The molecule has 0 amide bonds. The van der Waals surface area contributed by atoms with Gasteiger partial charge in [0.15, 0.2) is 0 Å². The molecule has 12 nitrogen and oxygen atoms in total. The van der Waals surface area contributed by atoms with Crippen molar-refractivity contribution in [1.29, 1.82) is 0 Å². The van der Waals surface area contributed by atoms with Crippen LogP contribution in [-0.4, -0.2) is 103 Å². The van der Waals surface area contributed by atoms with Gasteiger partial charge in [-0.25, -0.2) is 0 Å². The Kier molecular flexibility index (Phi) is 15.3. The highest BCUT2D eigenvalue weighted by Gasteiger charge is 2.39. The Morgan fingerprint density at radius 3 is 0.750 bits per heavy atom. The van der Waals surface area contributed by atoms with E-state index in [1.54, 1.807) is 0 Å². The maximum Gasteiger partial charge on any atom is 0.309 e. The maximum absolute atomic E-state index is 12.6. The van der Waals surface area contributed by atoms with Crippen LogP contribution in [-0.2, 0) is 57.1 Å². The van der Waals surface area contributed by atoms with Crippen molar-refractivity contribution in [2.45, 2.75) is 51.4 Å². The third-order valence-corrected chi connectivity index (χ3v) is 7.37. The van der Waals surface area contributed by atoms with Crippen LogP contribution in [0.2, 0.25) is 0 Å². The molecule has 4 unspecified atom stereocenters. The number of rotatable bonds is 0. The number of fused-ring (bicyclic) bond motifs is 2. The number of ether oxygens (including phenoxy) is 8. The normalized spacial score (nSPS) is 30.6. The highest BCUT2D eigenvalue weighted by molar-refractivity contribution is 5.83. The van der Waals surface area contributed by atoms with Crippen LogP contribution in [0, 0.1) is 23.7 Å². The van der Waals surface area contributed by atoms with Crippen molar-refractivity contribution in [3.63, 3.8) is 0 Å². The van der Waals surface area contributed by atoms with Gasteiger partial charge < -0.3 is 37.9 Å². The Bertz CT molecular complexity index is 659. The second-order valence-corrected chi connectivity index (χ2v) is 10.1. The summed E-state index contributed by atoms with van der Waals surface area (Å²) in [4.78, 5) is 50.5. The molecule has 2 aliphatic carbocycles. The lowest BCUT2D eigenvalue weighted by Gasteiger charge is -2.28. The van der Waals surface area contributed by atoms with Crippen molar-refractivity contribution in [2.24, 2.45) is 23.7 Å². The van der Waals surface area contributed by atoms with Crippen molar-refractivity contribution < 1.29 is 57.1 Å². The fourth-order valence-electron chi connectivity index (χ4n) is 5.27. The van der Waals surface area contributed by atoms with Crippen LogP contribution in [0.25, 0.3) is 0 Å². The van der Waals surface area contributed by atoms with Gasteiger partial charge in [0.2, 0.25) is 0 Å². The fraction of sp³-hybridized carbons (Fsp3) is 0.857. The summed E-state index contributed by atoms with van der Waals surface area (Å²) in [7, 11) is 0. The van der Waals surface area contributed by atoms with Crippen molar-refractivity contribution in [3.05, 3.63) is 0 Å². The lowest BCUT2D eigenvalue weighted by molar-refractivity contribution is -0.165. The minimum atomic E-state index is -0.522. The van der Waals surface area contributed by atoms with E-state index in [0.29, 0.717) is 25.7 Å². The molecule has 3 fully saturated rings. The predicted molar refractivity (Wildman–Crippen MR) is 138 cm³/mol. The molecule has 3 aliphatic rings. The van der Waals surface area contributed by atoms with Crippen LogP contribution in [0.3, 0.4) is 0 Å². The van der Waals surface area contributed by atoms with E-state index >= 15 is 0 Å². The lowest BCUT2D eigenvalue weighted by atomic mass is 9.79. The highest BCUT2D eigenvalue weighted by Crippen LogP contribution is 2.33. The molecule has 0 aromatic rings. The van der Waals surface area contributed by atoms with E-state index in [-0.39, 0.29) is 79.3 Å². The molecule has 4 atom stereocenters. The van der Waals surface area contributed by atoms with Gasteiger partial charge in [0.1, 0.15) is 26.4 Å². The molecular weight excluding hydrogens is 528 g/mol. The van der Waals surface area contributed by atoms with Crippen LogP contribution in [0.15, 0.2) is 0 Å². The Morgan fingerprint density at radius 2 is 0.525 bits per heavy atom. The van der Waals surface area contributed by atoms with E-state index in [9.17, 15) is 19.2 Å². The molecule has 0 bridgehead atoms. The number of hydrogen-bond acceptors (Lipinski definition) is 12. The molecule has 228 valence electrons. The van der Waals surface area contributed by atoms with Gasteiger partial charge in [-0.2, -0.15) is 0 Å². The molecule has 0 aromatic heterocycles. The molecule has 0 N–H and O–H groups in total. The Labute approximate surface area is 235 Å². The van der Waals surface area contributed by atoms with Gasteiger partial charge >= 0.3 is 23.9 Å². The van der Waals surface area contributed by atoms with Crippen LogP contribution in [0.1, 0.15) is 51.4 Å². The van der Waals surface area contributed by atoms with Gasteiger partial charge in [-0.05, 0) is 25.7 Å². The van der Waals surface area contributed by atoms with E-state index in [0.717, 1.165) is 25.7 Å². The van der Waals surface area contributed by atoms with E-state index in [4.69, 9.17) is 37.9 Å². The molecular formula is C28H44O12. The minimum absolute atomic E-state index is 0.0790. The molecule has 0 aromatic carbocycles. The fourth-order valence-corrected chi connectivity index (χ4v) is 5.27. The van der Waals surface area contributed by atoms with E-state index in [1.165, 1.54) is 0 Å². The smallest absolute Gasteiger partial charge is 0.309 e. The average molecular weight is 573 g/mol. The zero-order valence-corrected chi connectivity index (χ0v) is 23.4. The van der Waals surface area contributed by atoms with Crippen molar-refractivity contribution in [2.75, 3.05) is 79.3 Å². The van der Waals surface area contributed by atoms with E-state index in [2.05, 4.69) is 0 Å². The Hall–Kier alpha value is -2.28. The molecule has 1 saturated heterocycles. The summed E-state index contributed by atoms with van der Waals surface area (Å²) in [5, 5.41) is 0. The summed E-state index contributed by atoms with van der Waals surface area (Å²) in [6.45, 7) is 2.25. The molecule has 3 rings (SSSR count). The largest absolute Gasteiger partial charge is 0.463 e. The number of esters is 4. The number of carbonyl (C=O) groups is 4. The molecule has 1 aliphatic heterocycles. The van der Waals surface area contributed by atoms with Gasteiger partial charge in [0.25, 0.3) is 0 Å². The van der Waals surface area contributed by atoms with Gasteiger partial charge in [-0.15, -0.1) is 0 Å². The number of cyclic esters (lactones) is 4. The summed E-state index contributed by atoms with van der Waals surface area (Å²) in [6, 6.07) is 0. The molecule has 0 radical (unpaired) electrons. The second-order valence-electron chi connectivity index (χ2n) is 10.1. The van der Waals surface area contributed by atoms with Crippen LogP contribution in [0.5, 0.6) is 0 Å². The minimum Gasteiger partial charge on any atom is -0.463 e. The van der Waals surface area contributed by atoms with Gasteiger partial charge in [-0.1, -0.05) is 25.7 Å². The van der Waals surface area contributed by atoms with Crippen molar-refractivity contribution in [1.82, 2.24) is 0 Å². The summed E-state index contributed by atoms with van der Waals surface area (Å²) in [5.41, 5.74) is 0. The third-order valence-electron chi connectivity index (χ3n) is 7.37. The third kappa shape index (κ3) is 11.3. The monoisotopic (exact) mass is 572 g/mol. The van der Waals surface area contributed by atoms with Crippen molar-refractivity contribution >= 4 is 23.9 Å². The SMILES string of the molecule is O=C1OCCOCCOCCOC(=O)C2CCCCC2C(=O)OCCOCCOCCOC(=O)C2CCCCC12. The Balaban J connectivity index is 1.45. The van der Waals surface area contributed by atoms with E-state index < -0.39 is 47.5 Å². The first kappa shape index (κ1) is 32.2. The van der Waals surface area contributed by atoms with Crippen LogP contribution in [0.4, 0.5) is 0 Å². The van der Waals surface area contributed by atoms with Gasteiger partial charge in [0.05, 0.1) is 76.5 Å². The second kappa shape index (κ2) is 19.0. The van der Waals surface area contributed by atoms with Crippen LogP contribution >= 0.6 is 0 Å². The van der Waals surface area contributed by atoms with Gasteiger partial charge in [-0.3, -0.25) is 19.2 Å². The maximum atomic E-state index is 12.6. The average Bonchev–Trinajstić information content (AvgIpc) is 2.98. The number of hydrogen-bond donors (Lipinski definition) is 0. The first-order valence-corrected chi connectivity index (χ1v) is 14.6. The zero-order valence-electron chi connectivity index (χ0n) is 23.4. The summed E-state index contributed by atoms with van der Waals surface area (Å²) in [5.74, 6) is -3.71. The summed E-state index contributed by atoms with van der Waals surface area (Å²) < 4.78 is 43.2. The topological polar surface area (TPSA) is 142 Å².